The SMILES string of the molecule is OC[C@H]1O[C@H](O)[C@H](O[C@H]2O[C@H](COCc3ccccc3)[C@@H](OCc3ccccc3)[C@H](OCc3ccccc3)[C@H]2OCc2ccccc2)[C@@H](O)[C@@H]1O. The summed E-state index contributed by atoms with van der Waals surface area (Å²) in [4.78, 5) is 0. The van der Waals surface area contributed by atoms with E-state index in [1.165, 1.54) is 0 Å². The molecule has 0 aliphatic carbocycles. The lowest BCUT2D eigenvalue weighted by Crippen LogP contribution is -2.65. The van der Waals surface area contributed by atoms with Gasteiger partial charge in [-0.25, -0.2) is 0 Å². The highest BCUT2D eigenvalue weighted by atomic mass is 16.7. The molecule has 2 heterocycles. The number of rotatable bonds is 16. The Labute approximate surface area is 297 Å². The predicted molar refractivity (Wildman–Crippen MR) is 185 cm³/mol. The minimum Gasteiger partial charge on any atom is -0.394 e. The normalized spacial score (nSPS) is 29.5. The largest absolute Gasteiger partial charge is 0.394 e. The molecule has 10 atom stereocenters. The maximum atomic E-state index is 11.0. The molecule has 0 amide bonds. The first-order chi connectivity index (χ1) is 25.0. The van der Waals surface area contributed by atoms with E-state index < -0.39 is 68.0 Å². The maximum Gasteiger partial charge on any atom is 0.187 e. The average Bonchev–Trinajstić information content (AvgIpc) is 3.17. The number of aliphatic hydroxyl groups excluding tert-OH is 4. The zero-order chi connectivity index (χ0) is 35.4. The van der Waals surface area contributed by atoms with E-state index >= 15 is 0 Å². The van der Waals surface area contributed by atoms with Crippen LogP contribution in [0.1, 0.15) is 22.3 Å². The van der Waals surface area contributed by atoms with Gasteiger partial charge >= 0.3 is 0 Å². The second kappa shape index (κ2) is 18.8. The Bertz CT molecular complexity index is 1550. The summed E-state index contributed by atoms with van der Waals surface area (Å²) in [5, 5.41) is 42.2. The van der Waals surface area contributed by atoms with Crippen molar-refractivity contribution in [2.45, 2.75) is 87.8 Å². The third-order valence-corrected chi connectivity index (χ3v) is 8.97. The quantitative estimate of drug-likeness (QED) is 0.136. The number of hydrogen-bond acceptors (Lipinski definition) is 11. The lowest BCUT2D eigenvalue weighted by Gasteiger charge is -2.48. The van der Waals surface area contributed by atoms with Crippen molar-refractivity contribution in [1.29, 1.82) is 0 Å². The predicted octanol–water partition coefficient (Wildman–Crippen LogP) is 3.50. The maximum absolute atomic E-state index is 11.0. The van der Waals surface area contributed by atoms with Crippen LogP contribution in [0.15, 0.2) is 121 Å². The molecule has 2 saturated heterocycles. The zero-order valence-corrected chi connectivity index (χ0v) is 28.2. The number of ether oxygens (including phenoxy) is 7. The summed E-state index contributed by atoms with van der Waals surface area (Å²) in [6, 6.07) is 38.8. The lowest BCUT2D eigenvalue weighted by atomic mass is 9.96. The standard InChI is InChI=1S/C40H46O11/c41-21-31-33(42)34(43)36(39(44)49-31)51-40-38(48-25-30-19-11-4-12-20-30)37(47-24-29-17-9-3-10-18-29)35(46-23-28-15-7-2-8-16-28)32(50-40)26-45-22-27-13-5-1-6-14-27/h1-20,31-44H,21-26H2/t31-,32-,33-,34+,35-,36-,37+,38-,39+,40-/m1/s1. The monoisotopic (exact) mass is 702 g/mol. The summed E-state index contributed by atoms with van der Waals surface area (Å²) in [6.45, 7) is 0.384. The van der Waals surface area contributed by atoms with Crippen molar-refractivity contribution < 1.29 is 53.6 Å². The van der Waals surface area contributed by atoms with Gasteiger partial charge in [0, 0.05) is 0 Å². The smallest absolute Gasteiger partial charge is 0.187 e. The van der Waals surface area contributed by atoms with Crippen molar-refractivity contribution in [2.75, 3.05) is 13.2 Å². The van der Waals surface area contributed by atoms with Crippen LogP contribution in [-0.2, 0) is 59.6 Å². The molecule has 11 heteroatoms. The van der Waals surface area contributed by atoms with Crippen molar-refractivity contribution in [3.63, 3.8) is 0 Å². The van der Waals surface area contributed by atoms with Crippen molar-refractivity contribution in [3.05, 3.63) is 144 Å². The van der Waals surface area contributed by atoms with E-state index in [9.17, 15) is 20.4 Å². The van der Waals surface area contributed by atoms with Gasteiger partial charge in [-0.3, -0.25) is 0 Å². The molecule has 2 fully saturated rings. The Morgan fingerprint density at radius 3 is 1.41 bits per heavy atom. The molecule has 2 aliphatic rings. The Balaban J connectivity index is 1.33. The summed E-state index contributed by atoms with van der Waals surface area (Å²) >= 11 is 0. The van der Waals surface area contributed by atoms with Gasteiger partial charge in [-0.2, -0.15) is 0 Å². The highest BCUT2D eigenvalue weighted by Crippen LogP contribution is 2.34. The summed E-state index contributed by atoms with van der Waals surface area (Å²) in [5.74, 6) is 0. The summed E-state index contributed by atoms with van der Waals surface area (Å²) in [5.41, 5.74) is 3.73. The van der Waals surface area contributed by atoms with E-state index in [0.717, 1.165) is 22.3 Å². The van der Waals surface area contributed by atoms with Crippen LogP contribution in [0.4, 0.5) is 0 Å². The molecule has 0 unspecified atom stereocenters. The van der Waals surface area contributed by atoms with E-state index in [0.29, 0.717) is 6.61 Å². The van der Waals surface area contributed by atoms with Crippen LogP contribution >= 0.6 is 0 Å². The highest BCUT2D eigenvalue weighted by Gasteiger charge is 2.53. The van der Waals surface area contributed by atoms with Crippen molar-refractivity contribution in [2.24, 2.45) is 0 Å². The minimum absolute atomic E-state index is 0.0757. The molecule has 51 heavy (non-hydrogen) atoms. The molecule has 0 radical (unpaired) electrons. The third kappa shape index (κ3) is 10.1. The Kier molecular flexibility index (Phi) is 13.7. The molecular weight excluding hydrogens is 656 g/mol. The zero-order valence-electron chi connectivity index (χ0n) is 28.2. The molecule has 0 aromatic heterocycles. The molecule has 0 saturated carbocycles. The van der Waals surface area contributed by atoms with Gasteiger partial charge in [0.2, 0.25) is 0 Å². The highest BCUT2D eigenvalue weighted by molar-refractivity contribution is 5.16. The Hall–Kier alpha value is -3.56. The van der Waals surface area contributed by atoms with Crippen LogP contribution in [0.2, 0.25) is 0 Å². The van der Waals surface area contributed by atoms with Gasteiger partial charge in [0.25, 0.3) is 0 Å². The second-order valence-corrected chi connectivity index (χ2v) is 12.7. The second-order valence-electron chi connectivity index (χ2n) is 12.7. The van der Waals surface area contributed by atoms with E-state index in [1.54, 1.807) is 0 Å². The average molecular weight is 703 g/mol. The van der Waals surface area contributed by atoms with Crippen molar-refractivity contribution in [1.82, 2.24) is 0 Å². The van der Waals surface area contributed by atoms with Gasteiger partial charge in [-0.15, -0.1) is 0 Å². The Morgan fingerprint density at radius 1 is 0.471 bits per heavy atom. The molecular formula is C40H46O11. The van der Waals surface area contributed by atoms with Crippen LogP contribution in [0.5, 0.6) is 0 Å². The van der Waals surface area contributed by atoms with E-state index in [4.69, 9.17) is 33.2 Å². The summed E-state index contributed by atoms with van der Waals surface area (Å²) in [7, 11) is 0. The fourth-order valence-corrected chi connectivity index (χ4v) is 6.23. The van der Waals surface area contributed by atoms with Gasteiger partial charge < -0.3 is 53.6 Å². The molecule has 2 aliphatic heterocycles. The first kappa shape index (κ1) is 37.2. The van der Waals surface area contributed by atoms with Gasteiger partial charge in [-0.05, 0) is 22.3 Å². The molecule has 0 bridgehead atoms. The molecule has 0 spiro atoms. The molecule has 11 nitrogen and oxygen atoms in total. The molecule has 272 valence electrons. The van der Waals surface area contributed by atoms with Crippen molar-refractivity contribution >= 4 is 0 Å². The number of benzene rings is 4. The molecule has 4 aromatic carbocycles. The van der Waals surface area contributed by atoms with Crippen LogP contribution in [0.3, 0.4) is 0 Å². The van der Waals surface area contributed by atoms with Crippen LogP contribution in [0.25, 0.3) is 0 Å². The lowest BCUT2D eigenvalue weighted by molar-refractivity contribution is -0.373. The van der Waals surface area contributed by atoms with Crippen LogP contribution < -0.4 is 0 Å². The Morgan fingerprint density at radius 2 is 0.922 bits per heavy atom. The summed E-state index contributed by atoms with van der Waals surface area (Å²) in [6.07, 6.45) is -12.0. The topological polar surface area (TPSA) is 146 Å². The third-order valence-electron chi connectivity index (χ3n) is 8.97. The first-order valence-electron chi connectivity index (χ1n) is 17.2. The summed E-state index contributed by atoms with van der Waals surface area (Å²) < 4.78 is 44.4. The van der Waals surface area contributed by atoms with Gasteiger partial charge in [-0.1, -0.05) is 121 Å². The van der Waals surface area contributed by atoms with Gasteiger partial charge in [0.1, 0.15) is 48.8 Å². The van der Waals surface area contributed by atoms with Gasteiger partial charge in [0.05, 0.1) is 39.6 Å². The van der Waals surface area contributed by atoms with E-state index in [2.05, 4.69) is 0 Å². The van der Waals surface area contributed by atoms with Gasteiger partial charge in [0.15, 0.2) is 12.6 Å². The molecule has 4 N–H and O–H groups in total. The van der Waals surface area contributed by atoms with Crippen LogP contribution in [0, 0.1) is 0 Å². The molecule has 6 rings (SSSR count). The fraction of sp³-hybridized carbons (Fsp3) is 0.400. The number of hydrogen-bond donors (Lipinski definition) is 4. The van der Waals surface area contributed by atoms with E-state index in [-0.39, 0.29) is 26.4 Å². The molecule has 4 aromatic rings. The first-order valence-corrected chi connectivity index (χ1v) is 17.2. The van der Waals surface area contributed by atoms with Crippen molar-refractivity contribution in [3.8, 4) is 0 Å². The number of aliphatic hydroxyl groups is 4. The minimum atomic E-state index is -1.69. The van der Waals surface area contributed by atoms with E-state index in [1.807, 2.05) is 121 Å². The fourth-order valence-electron chi connectivity index (χ4n) is 6.23. The van der Waals surface area contributed by atoms with Crippen LogP contribution in [-0.4, -0.2) is 95.1 Å².